The van der Waals surface area contributed by atoms with Gasteiger partial charge in [0.2, 0.25) is 12.7 Å². The molecule has 2 N–H and O–H groups in total. The fraction of sp³-hybridized carbons (Fsp3) is 0.281. The maximum Gasteiger partial charge on any atom is 0.231 e. The number of aromatic nitrogens is 2. The first-order valence-electron chi connectivity index (χ1n) is 13.9. The first kappa shape index (κ1) is 26.8. The van der Waals surface area contributed by atoms with E-state index in [1.807, 2.05) is 60.7 Å². The molecule has 210 valence electrons. The topological polar surface area (TPSA) is 80.7 Å². The van der Waals surface area contributed by atoms with Gasteiger partial charge in [-0.25, -0.2) is 0 Å². The number of hydrogen-bond donors (Lipinski definition) is 2. The Balaban J connectivity index is 1.32. The van der Waals surface area contributed by atoms with Crippen molar-refractivity contribution in [1.82, 2.24) is 19.8 Å². The fourth-order valence-electron chi connectivity index (χ4n) is 5.88. The summed E-state index contributed by atoms with van der Waals surface area (Å²) in [6.07, 6.45) is 2.95. The Morgan fingerprint density at radius 1 is 1.07 bits per heavy atom. The van der Waals surface area contributed by atoms with Gasteiger partial charge in [-0.15, -0.1) is 0 Å². The number of para-hydroxylation sites is 1. The SMILES string of the molecule is CCc1ccccc1NC(=O)CCN1C(=S)NC(c2ccccn2)C1c1cc(C)n(-c2ccc3c(c2)OCO3)c1C. The molecule has 4 heterocycles. The summed E-state index contributed by atoms with van der Waals surface area (Å²) in [5.41, 5.74) is 7.17. The van der Waals surface area contributed by atoms with E-state index in [4.69, 9.17) is 21.7 Å². The number of nitrogens with one attached hydrogen (secondary N) is 2. The third-order valence-electron chi connectivity index (χ3n) is 7.85. The Hall–Kier alpha value is -4.37. The molecule has 2 aliphatic heterocycles. The normalized spacial score (nSPS) is 17.5. The van der Waals surface area contributed by atoms with Gasteiger partial charge < -0.3 is 29.6 Å². The van der Waals surface area contributed by atoms with Crippen molar-refractivity contribution in [2.24, 2.45) is 0 Å². The van der Waals surface area contributed by atoms with E-state index in [1.54, 1.807) is 6.20 Å². The molecule has 1 saturated heterocycles. The molecule has 2 atom stereocenters. The van der Waals surface area contributed by atoms with Gasteiger partial charge in [0.15, 0.2) is 16.6 Å². The summed E-state index contributed by atoms with van der Waals surface area (Å²) in [7, 11) is 0. The second-order valence-corrected chi connectivity index (χ2v) is 10.7. The van der Waals surface area contributed by atoms with Gasteiger partial charge in [0.1, 0.15) is 0 Å². The molecule has 2 aromatic carbocycles. The van der Waals surface area contributed by atoms with E-state index >= 15 is 0 Å². The fourth-order valence-corrected chi connectivity index (χ4v) is 6.21. The van der Waals surface area contributed by atoms with Crippen molar-refractivity contribution in [3.63, 3.8) is 0 Å². The molecular weight excluding hydrogens is 534 g/mol. The maximum absolute atomic E-state index is 13.1. The Morgan fingerprint density at radius 2 is 1.88 bits per heavy atom. The van der Waals surface area contributed by atoms with Crippen LogP contribution in [0.15, 0.2) is 72.9 Å². The van der Waals surface area contributed by atoms with Gasteiger partial charge in [-0.05, 0) is 80.0 Å². The molecule has 6 rings (SSSR count). The van der Waals surface area contributed by atoms with E-state index in [1.165, 1.54) is 0 Å². The van der Waals surface area contributed by atoms with E-state index in [2.05, 4.69) is 51.9 Å². The number of thiocarbonyl (C=S) groups is 1. The van der Waals surface area contributed by atoms with Gasteiger partial charge in [-0.3, -0.25) is 9.78 Å². The average Bonchev–Trinajstić information content (AvgIpc) is 3.67. The lowest BCUT2D eigenvalue weighted by Gasteiger charge is -2.28. The van der Waals surface area contributed by atoms with Crippen LogP contribution in [0.1, 0.15) is 53.6 Å². The number of amides is 1. The van der Waals surface area contributed by atoms with Crippen LogP contribution in [0.3, 0.4) is 0 Å². The monoisotopic (exact) mass is 567 g/mol. The predicted molar refractivity (Wildman–Crippen MR) is 163 cm³/mol. The number of benzene rings is 2. The minimum absolute atomic E-state index is 0.0421. The summed E-state index contributed by atoms with van der Waals surface area (Å²) in [6, 6.07) is 21.7. The van der Waals surface area contributed by atoms with Crippen molar-refractivity contribution < 1.29 is 14.3 Å². The molecule has 0 radical (unpaired) electrons. The first-order valence-corrected chi connectivity index (χ1v) is 14.3. The second-order valence-electron chi connectivity index (χ2n) is 10.3. The number of ether oxygens (including phenoxy) is 2. The molecule has 9 heteroatoms. The zero-order chi connectivity index (χ0) is 28.5. The second kappa shape index (κ2) is 11.2. The van der Waals surface area contributed by atoms with E-state index in [0.717, 1.165) is 57.5 Å². The van der Waals surface area contributed by atoms with Crippen LogP contribution < -0.4 is 20.1 Å². The van der Waals surface area contributed by atoms with Crippen molar-refractivity contribution in [1.29, 1.82) is 0 Å². The molecule has 41 heavy (non-hydrogen) atoms. The highest BCUT2D eigenvalue weighted by Crippen LogP contribution is 2.42. The van der Waals surface area contributed by atoms with Crippen molar-refractivity contribution in [3.05, 3.63) is 101 Å². The summed E-state index contributed by atoms with van der Waals surface area (Å²) in [4.78, 5) is 19.9. The Labute approximate surface area is 245 Å². The minimum Gasteiger partial charge on any atom is -0.454 e. The van der Waals surface area contributed by atoms with Crippen LogP contribution in [0, 0.1) is 13.8 Å². The van der Waals surface area contributed by atoms with Crippen LogP contribution in [0.25, 0.3) is 5.69 Å². The standard InChI is InChI=1S/C32H33N5O3S/c1-4-22-9-5-6-10-25(22)34-29(38)14-16-36-31(30(35-32(36)41)26-11-7-8-15-33-26)24-17-20(2)37(21(24)3)23-12-13-27-28(18-23)40-19-39-27/h5-13,15,17-18,30-31H,4,14,16,19H2,1-3H3,(H,34,38)(H,35,41). The molecule has 8 nitrogen and oxygen atoms in total. The maximum atomic E-state index is 13.1. The molecule has 2 unspecified atom stereocenters. The number of fused-ring (bicyclic) bond motifs is 1. The van der Waals surface area contributed by atoms with Gasteiger partial charge in [-0.1, -0.05) is 31.2 Å². The molecule has 0 bridgehead atoms. The lowest BCUT2D eigenvalue weighted by Crippen LogP contribution is -2.33. The van der Waals surface area contributed by atoms with E-state index in [9.17, 15) is 4.79 Å². The lowest BCUT2D eigenvalue weighted by atomic mass is 9.96. The number of rotatable bonds is 8. The molecule has 0 spiro atoms. The number of hydrogen-bond acceptors (Lipinski definition) is 5. The van der Waals surface area contributed by atoms with E-state index < -0.39 is 0 Å². The van der Waals surface area contributed by atoms with Gasteiger partial charge in [0.05, 0.1) is 17.8 Å². The smallest absolute Gasteiger partial charge is 0.231 e. The minimum atomic E-state index is -0.168. The Bertz CT molecular complexity index is 1600. The summed E-state index contributed by atoms with van der Waals surface area (Å²) >= 11 is 5.86. The Morgan fingerprint density at radius 3 is 2.68 bits per heavy atom. The molecule has 0 aliphatic carbocycles. The molecule has 0 saturated carbocycles. The van der Waals surface area contributed by atoms with Crippen LogP contribution in [0.5, 0.6) is 11.5 Å². The predicted octanol–water partition coefficient (Wildman–Crippen LogP) is 5.78. The largest absolute Gasteiger partial charge is 0.454 e. The molecule has 4 aromatic rings. The summed E-state index contributed by atoms with van der Waals surface area (Å²) in [5.74, 6) is 1.45. The van der Waals surface area contributed by atoms with Crippen molar-refractivity contribution in [2.75, 3.05) is 18.7 Å². The van der Waals surface area contributed by atoms with Crippen molar-refractivity contribution in [2.45, 2.75) is 45.7 Å². The number of carbonyl (C=O) groups excluding carboxylic acids is 1. The van der Waals surface area contributed by atoms with Crippen LogP contribution in [0.4, 0.5) is 5.69 Å². The summed E-state index contributed by atoms with van der Waals surface area (Å²) < 4.78 is 13.4. The molecule has 2 aromatic heterocycles. The van der Waals surface area contributed by atoms with Crippen LogP contribution in [0.2, 0.25) is 0 Å². The average molecular weight is 568 g/mol. The van der Waals surface area contributed by atoms with Gasteiger partial charge in [-0.2, -0.15) is 0 Å². The van der Waals surface area contributed by atoms with Crippen molar-refractivity contribution >= 4 is 28.9 Å². The van der Waals surface area contributed by atoms with Crippen molar-refractivity contribution in [3.8, 4) is 17.2 Å². The van der Waals surface area contributed by atoms with Crippen LogP contribution in [-0.2, 0) is 11.2 Å². The van der Waals surface area contributed by atoms with E-state index in [-0.39, 0.29) is 24.8 Å². The number of anilines is 1. The molecule has 1 amide bonds. The van der Waals surface area contributed by atoms with Gasteiger partial charge in [0, 0.05) is 48.0 Å². The zero-order valence-corrected chi connectivity index (χ0v) is 24.2. The highest BCUT2D eigenvalue weighted by Gasteiger charge is 2.41. The number of carbonyl (C=O) groups is 1. The summed E-state index contributed by atoms with van der Waals surface area (Å²) in [5, 5.41) is 7.22. The lowest BCUT2D eigenvalue weighted by molar-refractivity contribution is -0.116. The van der Waals surface area contributed by atoms with Crippen LogP contribution in [-0.4, -0.2) is 38.8 Å². The van der Waals surface area contributed by atoms with E-state index in [0.29, 0.717) is 18.1 Å². The number of aryl methyl sites for hydroxylation is 2. The van der Waals surface area contributed by atoms with Gasteiger partial charge >= 0.3 is 0 Å². The Kier molecular flexibility index (Phi) is 7.36. The van der Waals surface area contributed by atoms with Gasteiger partial charge in [0.25, 0.3) is 0 Å². The molecule has 1 fully saturated rings. The molecular formula is C32H33N5O3S. The molecule has 2 aliphatic rings. The first-order chi connectivity index (χ1) is 19.9. The third-order valence-corrected chi connectivity index (χ3v) is 8.21. The van der Waals surface area contributed by atoms with Crippen LogP contribution >= 0.6 is 12.2 Å². The highest BCUT2D eigenvalue weighted by molar-refractivity contribution is 7.80. The third kappa shape index (κ3) is 5.13. The quantitative estimate of drug-likeness (QED) is 0.261. The number of pyridine rings is 1. The number of nitrogens with zero attached hydrogens (tertiary/aromatic N) is 3. The summed E-state index contributed by atoms with van der Waals surface area (Å²) in [6.45, 7) is 7.00. The highest BCUT2D eigenvalue weighted by atomic mass is 32.1. The zero-order valence-electron chi connectivity index (χ0n) is 23.4.